The number of hydrogen-bond donors (Lipinski definition) is 1. The Balaban J connectivity index is 1.46. The second kappa shape index (κ2) is 7.33. The maximum Gasteiger partial charge on any atom is 0.251 e. The van der Waals surface area contributed by atoms with E-state index in [9.17, 15) is 4.79 Å². The summed E-state index contributed by atoms with van der Waals surface area (Å²) in [4.78, 5) is 22.2. The first kappa shape index (κ1) is 16.2. The van der Waals surface area contributed by atoms with Gasteiger partial charge in [0.1, 0.15) is 5.69 Å². The van der Waals surface area contributed by atoms with Gasteiger partial charge in [-0.2, -0.15) is 0 Å². The number of nitrogens with zero attached hydrogens (tertiary/aromatic N) is 2. The van der Waals surface area contributed by atoms with E-state index in [0.717, 1.165) is 5.56 Å². The molecule has 1 aromatic carbocycles. The molecular weight excluding hydrogens is 346 g/mol. The van der Waals surface area contributed by atoms with E-state index in [1.807, 2.05) is 41.8 Å². The predicted molar refractivity (Wildman–Crippen MR) is 101 cm³/mol. The zero-order valence-electron chi connectivity index (χ0n) is 13.8. The molecule has 6 heteroatoms. The second-order valence-electron chi connectivity index (χ2n) is 5.57. The van der Waals surface area contributed by atoms with Crippen molar-refractivity contribution >= 4 is 17.2 Å². The number of rotatable bonds is 5. The summed E-state index contributed by atoms with van der Waals surface area (Å²) in [7, 11) is 0. The van der Waals surface area contributed by atoms with Crippen LogP contribution in [0.1, 0.15) is 16.1 Å². The van der Waals surface area contributed by atoms with Gasteiger partial charge < -0.3 is 9.73 Å². The Kier molecular flexibility index (Phi) is 4.57. The van der Waals surface area contributed by atoms with Crippen LogP contribution >= 0.6 is 11.3 Å². The Morgan fingerprint density at radius 2 is 1.88 bits per heavy atom. The number of carbonyl (C=O) groups is 1. The standard InChI is InChI=1S/C20H15N3O2S/c24-20(15-7-5-14(6-8-15)18-4-2-12-26-18)23-13-16-19(22-10-9-21-16)17-3-1-11-25-17/h1-12H,13H2,(H,23,24). The average Bonchev–Trinajstić information content (AvgIpc) is 3.40. The normalized spacial score (nSPS) is 10.6. The number of hydrogen-bond acceptors (Lipinski definition) is 5. The van der Waals surface area contributed by atoms with Crippen molar-refractivity contribution in [1.82, 2.24) is 15.3 Å². The van der Waals surface area contributed by atoms with E-state index in [1.165, 1.54) is 4.88 Å². The number of aromatic nitrogens is 2. The lowest BCUT2D eigenvalue weighted by molar-refractivity contribution is 0.0950. The molecule has 0 saturated carbocycles. The zero-order chi connectivity index (χ0) is 17.8. The maximum absolute atomic E-state index is 12.4. The molecule has 0 saturated heterocycles. The molecule has 1 amide bonds. The summed E-state index contributed by atoms with van der Waals surface area (Å²) in [5, 5.41) is 4.93. The number of nitrogens with one attached hydrogen (secondary N) is 1. The van der Waals surface area contributed by atoms with Crippen LogP contribution in [-0.4, -0.2) is 15.9 Å². The van der Waals surface area contributed by atoms with Gasteiger partial charge in [-0.05, 0) is 41.3 Å². The highest BCUT2D eigenvalue weighted by atomic mass is 32.1. The minimum absolute atomic E-state index is 0.154. The van der Waals surface area contributed by atoms with Gasteiger partial charge >= 0.3 is 0 Å². The molecule has 26 heavy (non-hydrogen) atoms. The van der Waals surface area contributed by atoms with Gasteiger partial charge in [0.2, 0.25) is 0 Å². The highest BCUT2D eigenvalue weighted by Crippen LogP contribution is 2.24. The highest BCUT2D eigenvalue weighted by Gasteiger charge is 2.12. The van der Waals surface area contributed by atoms with E-state index in [-0.39, 0.29) is 12.5 Å². The van der Waals surface area contributed by atoms with Crippen LogP contribution in [-0.2, 0) is 6.54 Å². The molecule has 4 rings (SSSR count). The second-order valence-corrected chi connectivity index (χ2v) is 6.51. The molecule has 5 nitrogen and oxygen atoms in total. The number of furan rings is 1. The van der Waals surface area contributed by atoms with E-state index in [2.05, 4.69) is 21.4 Å². The van der Waals surface area contributed by atoms with Crippen molar-refractivity contribution in [2.24, 2.45) is 0 Å². The first-order chi connectivity index (χ1) is 12.8. The third-order valence-corrected chi connectivity index (χ3v) is 4.82. The van der Waals surface area contributed by atoms with Crippen molar-refractivity contribution in [2.75, 3.05) is 0 Å². The highest BCUT2D eigenvalue weighted by molar-refractivity contribution is 7.13. The number of carbonyl (C=O) groups excluding carboxylic acids is 1. The Bertz CT molecular complexity index is 994. The fourth-order valence-corrected chi connectivity index (χ4v) is 3.34. The summed E-state index contributed by atoms with van der Waals surface area (Å²) in [5.74, 6) is 0.474. The van der Waals surface area contributed by atoms with Crippen molar-refractivity contribution in [3.63, 3.8) is 0 Å². The van der Waals surface area contributed by atoms with Crippen LogP contribution in [0.3, 0.4) is 0 Å². The van der Waals surface area contributed by atoms with Crippen molar-refractivity contribution in [3.05, 3.63) is 83.8 Å². The molecule has 128 valence electrons. The summed E-state index contributed by atoms with van der Waals surface area (Å²) >= 11 is 1.67. The quantitative estimate of drug-likeness (QED) is 0.572. The van der Waals surface area contributed by atoms with Gasteiger partial charge in [0.05, 0.1) is 18.5 Å². The number of thiophene rings is 1. The Morgan fingerprint density at radius 1 is 1.04 bits per heavy atom. The molecule has 0 fully saturated rings. The molecule has 0 unspecified atom stereocenters. The number of benzene rings is 1. The Hall–Kier alpha value is -3.25. The molecule has 4 aromatic rings. The molecular formula is C20H15N3O2S. The van der Waals surface area contributed by atoms with Gasteiger partial charge in [0.25, 0.3) is 5.91 Å². The molecule has 3 aromatic heterocycles. The lowest BCUT2D eigenvalue weighted by Crippen LogP contribution is -2.23. The molecule has 0 radical (unpaired) electrons. The predicted octanol–water partition coefficient (Wildman–Crippen LogP) is 4.40. The largest absolute Gasteiger partial charge is 0.463 e. The van der Waals surface area contributed by atoms with Gasteiger partial charge in [-0.3, -0.25) is 9.78 Å². The average molecular weight is 361 g/mol. The van der Waals surface area contributed by atoms with Crippen LogP contribution in [0.5, 0.6) is 0 Å². The summed E-state index contributed by atoms with van der Waals surface area (Å²) in [5.41, 5.74) is 3.00. The summed E-state index contributed by atoms with van der Waals surface area (Å²) < 4.78 is 5.39. The van der Waals surface area contributed by atoms with Crippen LogP contribution in [0.15, 0.2) is 77.0 Å². The minimum Gasteiger partial charge on any atom is -0.463 e. The SMILES string of the molecule is O=C(NCc1nccnc1-c1ccco1)c1ccc(-c2cccs2)cc1. The van der Waals surface area contributed by atoms with Crippen molar-refractivity contribution in [2.45, 2.75) is 6.54 Å². The van der Waals surface area contributed by atoms with Crippen LogP contribution in [0, 0.1) is 0 Å². The smallest absolute Gasteiger partial charge is 0.251 e. The van der Waals surface area contributed by atoms with Crippen LogP contribution in [0.4, 0.5) is 0 Å². The first-order valence-electron chi connectivity index (χ1n) is 8.07. The molecule has 0 spiro atoms. The fourth-order valence-electron chi connectivity index (χ4n) is 2.61. The third-order valence-electron chi connectivity index (χ3n) is 3.90. The maximum atomic E-state index is 12.4. The van der Waals surface area contributed by atoms with Crippen LogP contribution < -0.4 is 5.32 Å². The Labute approximate surface area is 154 Å². The summed E-state index contributed by atoms with van der Waals surface area (Å²) in [6, 6.07) is 15.2. The van der Waals surface area contributed by atoms with Crippen molar-refractivity contribution in [1.29, 1.82) is 0 Å². The molecule has 0 aliphatic carbocycles. The minimum atomic E-state index is -0.154. The van der Waals surface area contributed by atoms with E-state index in [0.29, 0.717) is 22.7 Å². The van der Waals surface area contributed by atoms with Gasteiger partial charge in [-0.25, -0.2) is 4.98 Å². The topological polar surface area (TPSA) is 68.0 Å². The van der Waals surface area contributed by atoms with E-state index in [1.54, 1.807) is 36.1 Å². The van der Waals surface area contributed by atoms with Crippen LogP contribution in [0.2, 0.25) is 0 Å². The van der Waals surface area contributed by atoms with Gasteiger partial charge in [-0.1, -0.05) is 18.2 Å². The van der Waals surface area contributed by atoms with Gasteiger partial charge in [-0.15, -0.1) is 11.3 Å². The molecule has 0 aliphatic heterocycles. The van der Waals surface area contributed by atoms with E-state index in [4.69, 9.17) is 4.42 Å². The first-order valence-corrected chi connectivity index (χ1v) is 8.95. The van der Waals surface area contributed by atoms with E-state index < -0.39 is 0 Å². The molecule has 3 heterocycles. The third kappa shape index (κ3) is 3.41. The van der Waals surface area contributed by atoms with Crippen molar-refractivity contribution in [3.8, 4) is 21.9 Å². The molecule has 0 aliphatic rings. The molecule has 1 N–H and O–H groups in total. The lowest BCUT2D eigenvalue weighted by atomic mass is 10.1. The van der Waals surface area contributed by atoms with Gasteiger partial charge in [0, 0.05) is 22.8 Å². The zero-order valence-corrected chi connectivity index (χ0v) is 14.6. The molecule has 0 atom stereocenters. The lowest BCUT2D eigenvalue weighted by Gasteiger charge is -2.08. The summed E-state index contributed by atoms with van der Waals surface area (Å²) in [6.45, 7) is 0.273. The summed E-state index contributed by atoms with van der Waals surface area (Å²) in [6.07, 6.45) is 4.79. The van der Waals surface area contributed by atoms with Crippen LogP contribution in [0.25, 0.3) is 21.9 Å². The number of amides is 1. The van der Waals surface area contributed by atoms with Crippen molar-refractivity contribution < 1.29 is 9.21 Å². The van der Waals surface area contributed by atoms with E-state index >= 15 is 0 Å². The van der Waals surface area contributed by atoms with Gasteiger partial charge in [0.15, 0.2) is 5.76 Å². The monoisotopic (exact) mass is 361 g/mol. The fraction of sp³-hybridized carbons (Fsp3) is 0.0500. The Morgan fingerprint density at radius 3 is 2.62 bits per heavy atom. The molecule has 0 bridgehead atoms.